The maximum Gasteiger partial charge on any atom is 0.258 e. The highest BCUT2D eigenvalue weighted by molar-refractivity contribution is 6.31. The van der Waals surface area contributed by atoms with Crippen LogP contribution in [0, 0.1) is 5.82 Å². The third kappa shape index (κ3) is 3.31. The molecule has 24 heavy (non-hydrogen) atoms. The van der Waals surface area contributed by atoms with Crippen molar-refractivity contribution < 1.29 is 9.50 Å². The van der Waals surface area contributed by atoms with E-state index in [-0.39, 0.29) is 33.9 Å². The number of benzene rings is 1. The van der Waals surface area contributed by atoms with Crippen molar-refractivity contribution in [3.05, 3.63) is 92.9 Å². The molecule has 2 aromatic heterocycles. The minimum absolute atomic E-state index is 0.0760. The van der Waals surface area contributed by atoms with Crippen LogP contribution in [0.4, 0.5) is 4.39 Å². The van der Waals surface area contributed by atoms with E-state index in [2.05, 4.69) is 4.98 Å². The maximum absolute atomic E-state index is 14.0. The van der Waals surface area contributed by atoms with Gasteiger partial charge in [-0.1, -0.05) is 17.7 Å². The van der Waals surface area contributed by atoms with Gasteiger partial charge in [0.2, 0.25) is 0 Å². The molecular formula is C18H14ClFN2O2. The van der Waals surface area contributed by atoms with Crippen molar-refractivity contribution in [2.24, 2.45) is 0 Å². The largest absolute Gasteiger partial charge is 0.507 e. The van der Waals surface area contributed by atoms with Crippen LogP contribution in [0.25, 0.3) is 0 Å². The summed E-state index contributed by atoms with van der Waals surface area (Å²) in [5.41, 5.74) is 0.811. The molecule has 2 heterocycles. The van der Waals surface area contributed by atoms with Crippen molar-refractivity contribution in [2.45, 2.75) is 13.0 Å². The molecule has 3 rings (SSSR count). The van der Waals surface area contributed by atoms with E-state index in [9.17, 15) is 14.3 Å². The summed E-state index contributed by atoms with van der Waals surface area (Å²) in [6, 6.07) is 9.34. The van der Waals surface area contributed by atoms with Crippen LogP contribution in [0.2, 0.25) is 5.02 Å². The summed E-state index contributed by atoms with van der Waals surface area (Å²) in [5.74, 6) is -0.684. The summed E-state index contributed by atoms with van der Waals surface area (Å²) >= 11 is 6.02. The van der Waals surface area contributed by atoms with Gasteiger partial charge in [0.15, 0.2) is 0 Å². The lowest BCUT2D eigenvalue weighted by Gasteiger charge is -2.11. The molecule has 0 aliphatic heterocycles. The van der Waals surface area contributed by atoms with Gasteiger partial charge in [0.1, 0.15) is 11.6 Å². The number of hydrogen-bond donors (Lipinski definition) is 1. The van der Waals surface area contributed by atoms with E-state index in [1.165, 1.54) is 29.0 Å². The second-order valence-electron chi connectivity index (χ2n) is 5.35. The molecule has 0 saturated heterocycles. The predicted octanol–water partition coefficient (Wildman–Crippen LogP) is 3.38. The lowest BCUT2D eigenvalue weighted by molar-refractivity contribution is 0.464. The number of rotatable bonds is 4. The van der Waals surface area contributed by atoms with Crippen molar-refractivity contribution in [3.63, 3.8) is 0 Å². The Labute approximate surface area is 142 Å². The third-order valence-electron chi connectivity index (χ3n) is 3.76. The lowest BCUT2D eigenvalue weighted by atomic mass is 10.0. The molecule has 4 nitrogen and oxygen atoms in total. The van der Waals surface area contributed by atoms with Gasteiger partial charge >= 0.3 is 0 Å². The van der Waals surface area contributed by atoms with E-state index in [1.54, 1.807) is 30.6 Å². The van der Waals surface area contributed by atoms with Crippen molar-refractivity contribution in [3.8, 4) is 5.75 Å². The molecule has 3 aromatic rings. The van der Waals surface area contributed by atoms with Crippen LogP contribution in [0.1, 0.15) is 16.7 Å². The summed E-state index contributed by atoms with van der Waals surface area (Å²) < 4.78 is 15.4. The molecule has 6 heteroatoms. The minimum atomic E-state index is -0.508. The van der Waals surface area contributed by atoms with Crippen LogP contribution in [-0.4, -0.2) is 14.7 Å². The Morgan fingerprint density at radius 1 is 1.12 bits per heavy atom. The molecule has 1 N–H and O–H groups in total. The fourth-order valence-corrected chi connectivity index (χ4v) is 2.70. The average Bonchev–Trinajstić information content (AvgIpc) is 2.57. The molecule has 1 aromatic carbocycles. The standard InChI is InChI=1S/C18H14ClFN2O2/c19-15-2-1-3-16(20)13(15)10-14-17(23)6-9-22(18(14)24)11-12-4-7-21-8-5-12/h1-9,23H,10-11H2. The molecule has 0 bridgehead atoms. The maximum atomic E-state index is 14.0. The Balaban J connectivity index is 2.00. The first-order chi connectivity index (χ1) is 11.6. The van der Waals surface area contributed by atoms with E-state index >= 15 is 0 Å². The van der Waals surface area contributed by atoms with Crippen LogP contribution in [-0.2, 0) is 13.0 Å². The number of nitrogens with zero attached hydrogens (tertiary/aromatic N) is 2. The summed E-state index contributed by atoms with van der Waals surface area (Å²) in [6.07, 6.45) is 4.71. The molecule has 0 unspecified atom stereocenters. The van der Waals surface area contributed by atoms with E-state index in [1.807, 2.05) is 0 Å². The molecule has 0 aliphatic carbocycles. The number of pyridine rings is 2. The van der Waals surface area contributed by atoms with Gasteiger partial charge in [-0.3, -0.25) is 9.78 Å². The monoisotopic (exact) mass is 344 g/mol. The highest BCUT2D eigenvalue weighted by Gasteiger charge is 2.15. The fraction of sp³-hybridized carbons (Fsp3) is 0.111. The third-order valence-corrected chi connectivity index (χ3v) is 4.11. The molecule has 0 amide bonds. The number of aromatic hydroxyl groups is 1. The molecular weight excluding hydrogens is 331 g/mol. The van der Waals surface area contributed by atoms with Crippen LogP contribution in [0.5, 0.6) is 5.75 Å². The summed E-state index contributed by atoms with van der Waals surface area (Å²) in [5, 5.41) is 10.3. The minimum Gasteiger partial charge on any atom is -0.507 e. The van der Waals surface area contributed by atoms with Gasteiger partial charge in [-0.25, -0.2) is 4.39 Å². The van der Waals surface area contributed by atoms with Crippen molar-refractivity contribution in [2.75, 3.05) is 0 Å². The van der Waals surface area contributed by atoms with E-state index < -0.39 is 5.82 Å². The molecule has 0 spiro atoms. The quantitative estimate of drug-likeness (QED) is 0.789. The normalized spacial score (nSPS) is 10.8. The average molecular weight is 345 g/mol. The summed E-state index contributed by atoms with van der Waals surface area (Å²) in [6.45, 7) is 0.333. The van der Waals surface area contributed by atoms with Gasteiger partial charge < -0.3 is 9.67 Å². The van der Waals surface area contributed by atoms with E-state index in [0.29, 0.717) is 6.54 Å². The first-order valence-corrected chi connectivity index (χ1v) is 7.67. The van der Waals surface area contributed by atoms with E-state index in [0.717, 1.165) is 5.56 Å². The van der Waals surface area contributed by atoms with Crippen molar-refractivity contribution in [1.82, 2.24) is 9.55 Å². The molecule has 0 atom stereocenters. The highest BCUT2D eigenvalue weighted by Crippen LogP contribution is 2.24. The van der Waals surface area contributed by atoms with Crippen LogP contribution >= 0.6 is 11.6 Å². The smallest absolute Gasteiger partial charge is 0.258 e. The van der Waals surface area contributed by atoms with Gasteiger partial charge in [0.25, 0.3) is 5.56 Å². The SMILES string of the molecule is O=c1c(Cc2c(F)cccc2Cl)c(O)ccn1Cc1ccncc1. The fourth-order valence-electron chi connectivity index (χ4n) is 2.47. The van der Waals surface area contributed by atoms with Gasteiger partial charge in [-0.2, -0.15) is 0 Å². The number of aromatic nitrogens is 2. The zero-order valence-corrected chi connectivity index (χ0v) is 13.4. The van der Waals surface area contributed by atoms with Gasteiger partial charge in [0.05, 0.1) is 12.1 Å². The van der Waals surface area contributed by atoms with Crippen molar-refractivity contribution in [1.29, 1.82) is 0 Å². The lowest BCUT2D eigenvalue weighted by Crippen LogP contribution is -2.24. The predicted molar refractivity (Wildman–Crippen MR) is 89.9 cm³/mol. The highest BCUT2D eigenvalue weighted by atomic mass is 35.5. The Kier molecular flexibility index (Phi) is 4.62. The number of hydrogen-bond acceptors (Lipinski definition) is 3. The Hall–Kier alpha value is -2.66. The van der Waals surface area contributed by atoms with Crippen molar-refractivity contribution >= 4 is 11.6 Å². The van der Waals surface area contributed by atoms with Gasteiger partial charge in [0, 0.05) is 35.6 Å². The Morgan fingerprint density at radius 2 is 1.88 bits per heavy atom. The Bertz CT molecular complexity index is 906. The zero-order chi connectivity index (χ0) is 17.1. The summed E-state index contributed by atoms with van der Waals surface area (Å²) in [4.78, 5) is 16.6. The topological polar surface area (TPSA) is 55.1 Å². The van der Waals surface area contributed by atoms with Crippen LogP contribution in [0.15, 0.2) is 59.8 Å². The molecule has 0 radical (unpaired) electrons. The second kappa shape index (κ2) is 6.84. The summed E-state index contributed by atoms with van der Waals surface area (Å²) in [7, 11) is 0. The number of halogens is 2. The first kappa shape index (κ1) is 16.2. The van der Waals surface area contributed by atoms with Gasteiger partial charge in [-0.05, 0) is 35.9 Å². The molecule has 0 aliphatic rings. The first-order valence-electron chi connectivity index (χ1n) is 7.29. The Morgan fingerprint density at radius 3 is 2.58 bits per heavy atom. The van der Waals surface area contributed by atoms with Gasteiger partial charge in [-0.15, -0.1) is 0 Å². The molecule has 122 valence electrons. The molecule has 0 fully saturated rings. The zero-order valence-electron chi connectivity index (χ0n) is 12.6. The second-order valence-corrected chi connectivity index (χ2v) is 5.75. The van der Waals surface area contributed by atoms with Crippen LogP contribution < -0.4 is 5.56 Å². The molecule has 0 saturated carbocycles. The van der Waals surface area contributed by atoms with Crippen LogP contribution in [0.3, 0.4) is 0 Å². The van der Waals surface area contributed by atoms with E-state index in [4.69, 9.17) is 11.6 Å².